The molecule has 0 saturated carbocycles. The maximum Gasteiger partial charge on any atom is 0.408 e. The minimum absolute atomic E-state index is 0.0224. The molecule has 9 heteroatoms. The first-order valence-corrected chi connectivity index (χ1v) is 14.3. The van der Waals surface area contributed by atoms with E-state index in [-0.39, 0.29) is 12.2 Å². The van der Waals surface area contributed by atoms with E-state index in [0.29, 0.717) is 16.8 Å². The molecule has 0 spiro atoms. The molecule has 0 aromatic heterocycles. The van der Waals surface area contributed by atoms with E-state index in [4.69, 9.17) is 4.74 Å². The molecular weight excluding hydrogens is 556 g/mol. The van der Waals surface area contributed by atoms with E-state index < -0.39 is 42.1 Å². The summed E-state index contributed by atoms with van der Waals surface area (Å²) in [5.74, 6) is -1.19. The summed E-state index contributed by atoms with van der Waals surface area (Å²) in [6.07, 6.45) is -0.713. The molecule has 0 aliphatic heterocycles. The predicted molar refractivity (Wildman–Crippen MR) is 169 cm³/mol. The Morgan fingerprint density at radius 1 is 0.932 bits per heavy atom. The van der Waals surface area contributed by atoms with Crippen molar-refractivity contribution in [2.75, 3.05) is 11.9 Å². The predicted octanol–water partition coefficient (Wildman–Crippen LogP) is 6.02. The lowest BCUT2D eigenvalue weighted by molar-refractivity contribution is -0.140. The van der Waals surface area contributed by atoms with Crippen LogP contribution in [0.15, 0.2) is 91.0 Å². The summed E-state index contributed by atoms with van der Waals surface area (Å²) in [5, 5.41) is 27.5. The van der Waals surface area contributed by atoms with Crippen molar-refractivity contribution < 1.29 is 24.2 Å². The van der Waals surface area contributed by atoms with Crippen molar-refractivity contribution >= 4 is 34.4 Å². The molecule has 0 saturated heterocycles. The average Bonchev–Trinajstić information content (AvgIpc) is 2.97. The van der Waals surface area contributed by atoms with Crippen molar-refractivity contribution in [2.24, 2.45) is 0 Å². The number of nitrogens with one attached hydrogen (secondary N) is 2. The Morgan fingerprint density at radius 3 is 2.27 bits per heavy atom. The number of hydrogen-bond acceptors (Lipinski definition) is 6. The number of carbonyl (C=O) groups excluding carboxylic acids is 3. The lowest BCUT2D eigenvalue weighted by Crippen LogP contribution is -2.53. The number of phenols is 1. The highest BCUT2D eigenvalue weighted by atomic mass is 16.6. The van der Waals surface area contributed by atoms with Gasteiger partial charge >= 0.3 is 6.09 Å². The maximum atomic E-state index is 14.3. The number of alkyl carbamates (subject to hydrolysis) is 1. The molecule has 0 radical (unpaired) electrons. The lowest BCUT2D eigenvalue weighted by Gasteiger charge is -2.33. The van der Waals surface area contributed by atoms with Gasteiger partial charge in [0.15, 0.2) is 0 Å². The summed E-state index contributed by atoms with van der Waals surface area (Å²) in [6, 6.07) is 26.4. The third kappa shape index (κ3) is 8.13. The van der Waals surface area contributed by atoms with Crippen LogP contribution in [0, 0.1) is 18.3 Å². The lowest BCUT2D eigenvalue weighted by atomic mass is 9.98. The summed E-state index contributed by atoms with van der Waals surface area (Å²) in [4.78, 5) is 42.4. The second kappa shape index (κ2) is 13.7. The zero-order valence-electron chi connectivity index (χ0n) is 25.2. The molecule has 226 valence electrons. The summed E-state index contributed by atoms with van der Waals surface area (Å²) < 4.78 is 5.44. The molecule has 4 aromatic rings. The van der Waals surface area contributed by atoms with Crippen molar-refractivity contribution in [3.63, 3.8) is 0 Å². The van der Waals surface area contributed by atoms with Crippen LogP contribution < -0.4 is 10.6 Å². The molecule has 0 bridgehead atoms. The van der Waals surface area contributed by atoms with Gasteiger partial charge in [-0.15, -0.1) is 0 Å². The van der Waals surface area contributed by atoms with Gasteiger partial charge in [0.2, 0.25) is 5.91 Å². The van der Waals surface area contributed by atoms with Crippen LogP contribution in [-0.2, 0) is 20.7 Å². The number of aromatic hydroxyl groups is 1. The van der Waals surface area contributed by atoms with E-state index in [1.54, 1.807) is 39.8 Å². The average molecular weight is 593 g/mol. The molecule has 2 atom stereocenters. The van der Waals surface area contributed by atoms with Crippen LogP contribution in [0.25, 0.3) is 10.8 Å². The van der Waals surface area contributed by atoms with E-state index in [2.05, 4.69) is 10.6 Å². The fourth-order valence-corrected chi connectivity index (χ4v) is 4.87. The zero-order valence-corrected chi connectivity index (χ0v) is 25.2. The smallest absolute Gasteiger partial charge is 0.408 e. The van der Waals surface area contributed by atoms with E-state index in [0.717, 1.165) is 21.2 Å². The Hall–Kier alpha value is -5.36. The number of benzene rings is 4. The Labute approximate surface area is 257 Å². The fourth-order valence-electron chi connectivity index (χ4n) is 4.87. The van der Waals surface area contributed by atoms with Gasteiger partial charge < -0.3 is 25.4 Å². The number of nitriles is 1. The molecule has 44 heavy (non-hydrogen) atoms. The Kier molecular flexibility index (Phi) is 9.86. The van der Waals surface area contributed by atoms with Crippen LogP contribution in [0.2, 0.25) is 0 Å². The number of amides is 3. The molecule has 4 aromatic carbocycles. The highest BCUT2D eigenvalue weighted by Gasteiger charge is 2.36. The van der Waals surface area contributed by atoms with Gasteiger partial charge in [0, 0.05) is 12.1 Å². The van der Waals surface area contributed by atoms with Gasteiger partial charge in [0.25, 0.3) is 5.91 Å². The second-order valence-corrected chi connectivity index (χ2v) is 11.5. The largest absolute Gasteiger partial charge is 0.508 e. The molecule has 0 aliphatic carbocycles. The van der Waals surface area contributed by atoms with Crippen molar-refractivity contribution in [2.45, 2.75) is 51.8 Å². The monoisotopic (exact) mass is 592 g/mol. The highest BCUT2D eigenvalue weighted by molar-refractivity contribution is 6.00. The minimum Gasteiger partial charge on any atom is -0.508 e. The Balaban J connectivity index is 1.74. The molecule has 3 amide bonds. The SMILES string of the molecule is Cc1cc(C(C(=O)Nc2ccc3ccccc3c2)N(CC#N)C(=O)C(Cc2ccccc2)NC(=O)OC(C)(C)C)ccc1O. The van der Waals surface area contributed by atoms with Crippen LogP contribution in [0.3, 0.4) is 0 Å². The third-order valence-electron chi connectivity index (χ3n) is 6.91. The van der Waals surface area contributed by atoms with Crippen LogP contribution in [0.5, 0.6) is 5.75 Å². The number of nitrogens with zero attached hydrogens (tertiary/aromatic N) is 2. The second-order valence-electron chi connectivity index (χ2n) is 11.5. The Morgan fingerprint density at radius 2 is 1.61 bits per heavy atom. The summed E-state index contributed by atoms with van der Waals surface area (Å²) >= 11 is 0. The number of aryl methyl sites for hydroxylation is 1. The van der Waals surface area contributed by atoms with Gasteiger partial charge in [0.1, 0.15) is 30.0 Å². The van der Waals surface area contributed by atoms with Crippen LogP contribution in [0.4, 0.5) is 10.5 Å². The quantitative estimate of drug-likeness (QED) is 0.204. The first kappa shape index (κ1) is 31.6. The molecule has 3 N–H and O–H groups in total. The summed E-state index contributed by atoms with van der Waals surface area (Å²) in [5.41, 5.74) is 1.33. The van der Waals surface area contributed by atoms with E-state index >= 15 is 0 Å². The molecule has 2 unspecified atom stereocenters. The minimum atomic E-state index is -1.27. The van der Waals surface area contributed by atoms with Crippen molar-refractivity contribution in [3.8, 4) is 11.8 Å². The standard InChI is InChI=1S/C35H36N4O5/c1-23-20-27(15-17-30(23)40)31(32(41)37-28-16-14-25-12-8-9-13-26(25)22-28)39(19-18-36)33(42)29(21-24-10-6-5-7-11-24)38-34(43)44-35(2,3)4/h5-17,20,22,29,31,40H,19,21H2,1-4H3,(H,37,41)(H,38,43). The number of rotatable bonds is 9. The third-order valence-corrected chi connectivity index (χ3v) is 6.91. The normalized spacial score (nSPS) is 12.4. The number of fused-ring (bicyclic) bond motifs is 1. The van der Waals surface area contributed by atoms with Crippen LogP contribution >= 0.6 is 0 Å². The molecule has 4 rings (SSSR count). The van der Waals surface area contributed by atoms with Crippen molar-refractivity contribution in [1.29, 1.82) is 5.26 Å². The summed E-state index contributed by atoms with van der Waals surface area (Å²) in [7, 11) is 0. The topological polar surface area (TPSA) is 132 Å². The first-order valence-electron chi connectivity index (χ1n) is 14.3. The van der Waals surface area contributed by atoms with Gasteiger partial charge in [-0.25, -0.2) is 4.79 Å². The number of hydrogen-bond donors (Lipinski definition) is 3. The van der Waals surface area contributed by atoms with Gasteiger partial charge in [-0.3, -0.25) is 9.59 Å². The molecule has 9 nitrogen and oxygen atoms in total. The molecule has 0 heterocycles. The highest BCUT2D eigenvalue weighted by Crippen LogP contribution is 2.29. The molecular formula is C35H36N4O5. The van der Waals surface area contributed by atoms with E-state index in [9.17, 15) is 24.8 Å². The Bertz CT molecular complexity index is 1690. The zero-order chi connectivity index (χ0) is 31.9. The number of anilines is 1. The van der Waals surface area contributed by atoms with E-state index in [1.807, 2.05) is 72.8 Å². The summed E-state index contributed by atoms with van der Waals surface area (Å²) in [6.45, 7) is 6.36. The van der Waals surface area contributed by atoms with E-state index in [1.165, 1.54) is 12.1 Å². The number of phenolic OH excluding ortho intramolecular Hbond substituents is 1. The first-order chi connectivity index (χ1) is 20.9. The van der Waals surface area contributed by atoms with Gasteiger partial charge in [-0.1, -0.05) is 66.7 Å². The van der Waals surface area contributed by atoms with Gasteiger partial charge in [0.05, 0.1) is 6.07 Å². The van der Waals surface area contributed by atoms with Crippen LogP contribution in [0.1, 0.15) is 43.5 Å². The van der Waals surface area contributed by atoms with Gasteiger partial charge in [-0.2, -0.15) is 5.26 Å². The fraction of sp³-hybridized carbons (Fsp3) is 0.257. The number of carbonyl (C=O) groups is 3. The number of ether oxygens (including phenoxy) is 1. The van der Waals surface area contributed by atoms with Gasteiger partial charge in [-0.05, 0) is 79.4 Å². The maximum absolute atomic E-state index is 14.3. The molecule has 0 aliphatic rings. The van der Waals surface area contributed by atoms with Crippen molar-refractivity contribution in [3.05, 3.63) is 108 Å². The molecule has 0 fully saturated rings. The van der Waals surface area contributed by atoms with Crippen molar-refractivity contribution in [1.82, 2.24) is 10.2 Å². The van der Waals surface area contributed by atoms with Crippen LogP contribution in [-0.4, -0.2) is 46.1 Å².